The minimum absolute atomic E-state index is 0.107. The molecule has 5 heteroatoms. The Labute approximate surface area is 133 Å². The van der Waals surface area contributed by atoms with Gasteiger partial charge in [-0.15, -0.1) is 0 Å². The highest BCUT2D eigenvalue weighted by Crippen LogP contribution is 2.22. The first-order valence-electron chi connectivity index (χ1n) is 6.49. The minimum Gasteiger partial charge on any atom is -0.493 e. The van der Waals surface area contributed by atoms with Gasteiger partial charge in [0, 0.05) is 15.7 Å². The van der Waals surface area contributed by atoms with E-state index in [0.29, 0.717) is 22.3 Å². The van der Waals surface area contributed by atoms with Crippen LogP contribution in [0.1, 0.15) is 12.0 Å². The van der Waals surface area contributed by atoms with Crippen molar-refractivity contribution in [3.8, 4) is 5.75 Å². The van der Waals surface area contributed by atoms with Gasteiger partial charge in [-0.3, -0.25) is 4.79 Å². The molecule has 0 aliphatic heterocycles. The van der Waals surface area contributed by atoms with Crippen LogP contribution in [0.2, 0.25) is 10.0 Å². The van der Waals surface area contributed by atoms with E-state index in [1.54, 1.807) is 36.4 Å². The van der Waals surface area contributed by atoms with Crippen LogP contribution in [0.15, 0.2) is 42.5 Å². The van der Waals surface area contributed by atoms with E-state index in [1.165, 1.54) is 0 Å². The van der Waals surface area contributed by atoms with Gasteiger partial charge in [0.15, 0.2) is 0 Å². The number of carbonyl (C=O) groups excluding carboxylic acids is 1. The second kappa shape index (κ2) is 7.34. The van der Waals surface area contributed by atoms with Crippen molar-refractivity contribution in [2.45, 2.75) is 13.3 Å². The van der Waals surface area contributed by atoms with E-state index in [2.05, 4.69) is 5.32 Å². The Morgan fingerprint density at radius 2 is 1.76 bits per heavy atom. The van der Waals surface area contributed by atoms with Crippen molar-refractivity contribution < 1.29 is 9.53 Å². The minimum atomic E-state index is -0.107. The SMILES string of the molecule is Cc1cc(Cl)ccc1OCCC(=O)Nc1ccc(Cl)cc1. The van der Waals surface area contributed by atoms with Crippen LogP contribution in [-0.4, -0.2) is 12.5 Å². The molecule has 0 fully saturated rings. The molecule has 2 aromatic carbocycles. The Balaban J connectivity index is 1.80. The molecule has 0 unspecified atom stereocenters. The predicted octanol–water partition coefficient (Wildman–Crippen LogP) is 4.71. The Kier molecular flexibility index (Phi) is 5.48. The first-order valence-corrected chi connectivity index (χ1v) is 7.24. The summed E-state index contributed by atoms with van der Waals surface area (Å²) in [6, 6.07) is 12.3. The summed E-state index contributed by atoms with van der Waals surface area (Å²) >= 11 is 11.7. The fourth-order valence-corrected chi connectivity index (χ4v) is 2.14. The summed E-state index contributed by atoms with van der Waals surface area (Å²) in [4.78, 5) is 11.8. The van der Waals surface area contributed by atoms with Crippen LogP contribution < -0.4 is 10.1 Å². The Morgan fingerprint density at radius 3 is 2.43 bits per heavy atom. The van der Waals surface area contributed by atoms with E-state index < -0.39 is 0 Å². The van der Waals surface area contributed by atoms with Crippen LogP contribution in [0, 0.1) is 6.92 Å². The molecule has 110 valence electrons. The van der Waals surface area contributed by atoms with E-state index in [0.717, 1.165) is 11.3 Å². The number of aryl methyl sites for hydroxylation is 1. The van der Waals surface area contributed by atoms with E-state index in [9.17, 15) is 4.79 Å². The van der Waals surface area contributed by atoms with Gasteiger partial charge in [-0.1, -0.05) is 23.2 Å². The second-order valence-electron chi connectivity index (χ2n) is 4.56. The lowest BCUT2D eigenvalue weighted by atomic mass is 10.2. The molecule has 0 bridgehead atoms. The highest BCUT2D eigenvalue weighted by atomic mass is 35.5. The van der Waals surface area contributed by atoms with Crippen molar-refractivity contribution in [2.24, 2.45) is 0 Å². The molecule has 1 amide bonds. The summed E-state index contributed by atoms with van der Waals surface area (Å²) in [6.07, 6.45) is 0.269. The van der Waals surface area contributed by atoms with Gasteiger partial charge >= 0.3 is 0 Å². The van der Waals surface area contributed by atoms with Gasteiger partial charge in [-0.05, 0) is 55.0 Å². The number of amides is 1. The van der Waals surface area contributed by atoms with Crippen molar-refractivity contribution in [2.75, 3.05) is 11.9 Å². The zero-order chi connectivity index (χ0) is 15.2. The number of halogens is 2. The van der Waals surface area contributed by atoms with Gasteiger partial charge < -0.3 is 10.1 Å². The molecule has 2 aromatic rings. The Morgan fingerprint density at radius 1 is 1.10 bits per heavy atom. The summed E-state index contributed by atoms with van der Waals surface area (Å²) in [7, 11) is 0. The average molecular weight is 324 g/mol. The molecular weight excluding hydrogens is 309 g/mol. The predicted molar refractivity (Wildman–Crippen MR) is 86.4 cm³/mol. The number of anilines is 1. The molecule has 0 aliphatic rings. The van der Waals surface area contributed by atoms with Crippen molar-refractivity contribution in [1.82, 2.24) is 0 Å². The highest BCUT2D eigenvalue weighted by Gasteiger charge is 2.05. The van der Waals surface area contributed by atoms with Gasteiger partial charge in [-0.25, -0.2) is 0 Å². The third-order valence-electron chi connectivity index (χ3n) is 2.85. The van der Waals surface area contributed by atoms with Crippen molar-refractivity contribution in [3.05, 3.63) is 58.1 Å². The quantitative estimate of drug-likeness (QED) is 0.865. The summed E-state index contributed by atoms with van der Waals surface area (Å²) in [5.74, 6) is 0.627. The van der Waals surface area contributed by atoms with Crippen LogP contribution in [0.3, 0.4) is 0 Å². The zero-order valence-electron chi connectivity index (χ0n) is 11.5. The van der Waals surface area contributed by atoms with Crippen LogP contribution in [0.4, 0.5) is 5.69 Å². The number of hydrogen-bond donors (Lipinski definition) is 1. The highest BCUT2D eigenvalue weighted by molar-refractivity contribution is 6.30. The molecule has 0 saturated carbocycles. The largest absolute Gasteiger partial charge is 0.493 e. The summed E-state index contributed by atoms with van der Waals surface area (Å²) in [5, 5.41) is 4.08. The molecule has 2 rings (SSSR count). The van der Waals surface area contributed by atoms with Gasteiger partial charge in [-0.2, -0.15) is 0 Å². The van der Waals surface area contributed by atoms with Crippen LogP contribution >= 0.6 is 23.2 Å². The Bertz CT molecular complexity index is 627. The topological polar surface area (TPSA) is 38.3 Å². The lowest BCUT2D eigenvalue weighted by molar-refractivity contribution is -0.116. The second-order valence-corrected chi connectivity index (χ2v) is 5.44. The van der Waals surface area contributed by atoms with Gasteiger partial charge in [0.05, 0.1) is 13.0 Å². The lowest BCUT2D eigenvalue weighted by Gasteiger charge is -2.09. The normalized spacial score (nSPS) is 10.2. The molecule has 0 aliphatic carbocycles. The molecule has 0 spiro atoms. The third-order valence-corrected chi connectivity index (χ3v) is 3.34. The van der Waals surface area contributed by atoms with Crippen molar-refractivity contribution in [1.29, 1.82) is 0 Å². The van der Waals surface area contributed by atoms with Crippen molar-refractivity contribution >= 4 is 34.8 Å². The molecule has 0 heterocycles. The molecule has 0 aromatic heterocycles. The molecule has 0 atom stereocenters. The first kappa shape index (κ1) is 15.7. The van der Waals surface area contributed by atoms with Crippen molar-refractivity contribution in [3.63, 3.8) is 0 Å². The monoisotopic (exact) mass is 323 g/mol. The van der Waals surface area contributed by atoms with E-state index in [4.69, 9.17) is 27.9 Å². The number of benzene rings is 2. The summed E-state index contributed by atoms with van der Waals surface area (Å²) in [6.45, 7) is 2.22. The smallest absolute Gasteiger partial charge is 0.227 e. The average Bonchev–Trinajstić information content (AvgIpc) is 2.44. The molecule has 3 nitrogen and oxygen atoms in total. The fraction of sp³-hybridized carbons (Fsp3) is 0.188. The summed E-state index contributed by atoms with van der Waals surface area (Å²) in [5.41, 5.74) is 1.66. The van der Waals surface area contributed by atoms with Gasteiger partial charge in [0.2, 0.25) is 5.91 Å². The third kappa shape index (κ3) is 4.96. The molecule has 21 heavy (non-hydrogen) atoms. The van der Waals surface area contributed by atoms with Crippen LogP contribution in [-0.2, 0) is 4.79 Å². The number of nitrogens with one attached hydrogen (secondary N) is 1. The lowest BCUT2D eigenvalue weighted by Crippen LogP contribution is -2.15. The zero-order valence-corrected chi connectivity index (χ0v) is 13.0. The number of rotatable bonds is 5. The molecule has 0 radical (unpaired) electrons. The maximum absolute atomic E-state index is 11.8. The maximum atomic E-state index is 11.8. The molecule has 0 saturated heterocycles. The first-order chi connectivity index (χ1) is 10.0. The Hall–Kier alpha value is -1.71. The van der Waals surface area contributed by atoms with E-state index >= 15 is 0 Å². The number of ether oxygens (including phenoxy) is 1. The van der Waals surface area contributed by atoms with E-state index in [-0.39, 0.29) is 12.3 Å². The summed E-state index contributed by atoms with van der Waals surface area (Å²) < 4.78 is 5.58. The van der Waals surface area contributed by atoms with E-state index in [1.807, 2.05) is 13.0 Å². The molecular formula is C16H15Cl2NO2. The van der Waals surface area contributed by atoms with Gasteiger partial charge in [0.1, 0.15) is 5.75 Å². The molecule has 1 N–H and O–H groups in total. The number of hydrogen-bond acceptors (Lipinski definition) is 2. The number of carbonyl (C=O) groups is 1. The maximum Gasteiger partial charge on any atom is 0.227 e. The van der Waals surface area contributed by atoms with Crippen LogP contribution in [0.5, 0.6) is 5.75 Å². The fourth-order valence-electron chi connectivity index (χ4n) is 1.79. The van der Waals surface area contributed by atoms with Gasteiger partial charge in [0.25, 0.3) is 0 Å². The standard InChI is InChI=1S/C16H15Cl2NO2/c1-11-10-13(18)4-7-15(11)21-9-8-16(20)19-14-5-2-12(17)3-6-14/h2-7,10H,8-9H2,1H3,(H,19,20). The van der Waals surface area contributed by atoms with Crippen LogP contribution in [0.25, 0.3) is 0 Å².